The average Bonchev–Trinajstić information content (AvgIpc) is 2.05. The van der Waals surface area contributed by atoms with E-state index in [0.717, 1.165) is 0 Å². The van der Waals surface area contributed by atoms with Crippen LogP contribution in [0.25, 0.3) is 0 Å². The minimum atomic E-state index is -0.611. The number of nitrogens with two attached hydrogens (primary N) is 1. The molecular formula is C9H15NOS. The molecule has 0 bridgehead atoms. The molecule has 12 heavy (non-hydrogen) atoms. The van der Waals surface area contributed by atoms with Crippen LogP contribution in [0.3, 0.4) is 0 Å². The van der Waals surface area contributed by atoms with E-state index in [1.54, 1.807) is 12.5 Å². The summed E-state index contributed by atoms with van der Waals surface area (Å²) in [5.74, 6) is 0. The second-order valence-corrected chi connectivity index (χ2v) is 3.91. The largest absolute Gasteiger partial charge is 0.326 e. The monoisotopic (exact) mass is 185 g/mol. The molecule has 0 amide bonds. The summed E-state index contributed by atoms with van der Waals surface area (Å²) in [5.41, 5.74) is 6.54. The maximum Gasteiger partial charge on any atom is 0.0178 e. The molecule has 0 heterocycles. The molecule has 0 aliphatic rings. The summed E-state index contributed by atoms with van der Waals surface area (Å²) in [6.07, 6.45) is 3.28. The van der Waals surface area contributed by atoms with Gasteiger partial charge in [-0.1, -0.05) is 30.3 Å². The Kier molecular flexibility index (Phi) is 6.61. The lowest BCUT2D eigenvalue weighted by atomic mass is 10.2. The third-order valence-corrected chi connectivity index (χ3v) is 1.08. The Morgan fingerprint density at radius 3 is 1.92 bits per heavy atom. The van der Waals surface area contributed by atoms with Gasteiger partial charge in [-0.15, -0.1) is 0 Å². The van der Waals surface area contributed by atoms with Gasteiger partial charge in [-0.25, -0.2) is 0 Å². The molecule has 2 nitrogen and oxygen atoms in total. The fourth-order valence-electron chi connectivity index (χ4n) is 0.614. The van der Waals surface area contributed by atoms with E-state index < -0.39 is 10.8 Å². The van der Waals surface area contributed by atoms with Crippen LogP contribution in [0.15, 0.2) is 30.3 Å². The molecule has 1 rings (SSSR count). The number of rotatable bonds is 1. The van der Waals surface area contributed by atoms with Gasteiger partial charge in [0.15, 0.2) is 0 Å². The van der Waals surface area contributed by atoms with Gasteiger partial charge in [0.05, 0.1) is 0 Å². The van der Waals surface area contributed by atoms with E-state index in [1.165, 1.54) is 5.56 Å². The van der Waals surface area contributed by atoms with Crippen LogP contribution >= 0.6 is 0 Å². The summed E-state index contributed by atoms with van der Waals surface area (Å²) in [6, 6.07) is 9.99. The molecule has 0 unspecified atom stereocenters. The topological polar surface area (TPSA) is 43.1 Å². The second kappa shape index (κ2) is 7.00. The molecule has 0 saturated heterocycles. The predicted octanol–water partition coefficient (Wildman–Crippen LogP) is 1.14. The summed E-state index contributed by atoms with van der Waals surface area (Å²) >= 11 is 0. The van der Waals surface area contributed by atoms with E-state index in [-0.39, 0.29) is 0 Å². The van der Waals surface area contributed by atoms with Crippen molar-refractivity contribution in [3.05, 3.63) is 35.9 Å². The average molecular weight is 185 g/mol. The second-order valence-electron chi connectivity index (χ2n) is 2.43. The Morgan fingerprint density at radius 2 is 1.67 bits per heavy atom. The highest BCUT2D eigenvalue weighted by Gasteiger charge is 1.80. The van der Waals surface area contributed by atoms with Crippen molar-refractivity contribution in [1.82, 2.24) is 0 Å². The molecule has 0 atom stereocenters. The minimum Gasteiger partial charge on any atom is -0.326 e. The van der Waals surface area contributed by atoms with E-state index in [9.17, 15) is 4.21 Å². The lowest BCUT2D eigenvalue weighted by Crippen LogP contribution is -1.94. The third kappa shape index (κ3) is 7.44. The number of benzene rings is 1. The Bertz CT molecular complexity index is 219. The minimum absolute atomic E-state index is 0.611. The van der Waals surface area contributed by atoms with Crippen molar-refractivity contribution < 1.29 is 4.21 Å². The molecule has 2 N–H and O–H groups in total. The van der Waals surface area contributed by atoms with Crippen LogP contribution < -0.4 is 5.73 Å². The smallest absolute Gasteiger partial charge is 0.0178 e. The van der Waals surface area contributed by atoms with Crippen molar-refractivity contribution in [2.75, 3.05) is 12.5 Å². The van der Waals surface area contributed by atoms with Crippen molar-refractivity contribution >= 4 is 10.8 Å². The molecule has 0 aliphatic carbocycles. The van der Waals surface area contributed by atoms with Crippen LogP contribution in [-0.4, -0.2) is 16.7 Å². The molecule has 1 aromatic carbocycles. The van der Waals surface area contributed by atoms with Gasteiger partial charge >= 0.3 is 0 Å². The van der Waals surface area contributed by atoms with Gasteiger partial charge in [-0.3, -0.25) is 4.21 Å². The predicted molar refractivity (Wildman–Crippen MR) is 54.3 cm³/mol. The van der Waals surface area contributed by atoms with E-state index in [2.05, 4.69) is 0 Å². The molecule has 68 valence electrons. The molecule has 3 heteroatoms. The Hall–Kier alpha value is -0.670. The molecule has 0 aromatic heterocycles. The highest BCUT2D eigenvalue weighted by Crippen LogP contribution is 1.94. The summed E-state index contributed by atoms with van der Waals surface area (Å²) in [6.45, 7) is 0.640. The van der Waals surface area contributed by atoms with Crippen LogP contribution in [0, 0.1) is 0 Å². The Morgan fingerprint density at radius 1 is 1.25 bits per heavy atom. The molecule has 0 fully saturated rings. The van der Waals surface area contributed by atoms with Crippen molar-refractivity contribution in [1.29, 1.82) is 0 Å². The van der Waals surface area contributed by atoms with Gasteiger partial charge in [0.25, 0.3) is 0 Å². The molecular weight excluding hydrogens is 170 g/mol. The van der Waals surface area contributed by atoms with Crippen LogP contribution in [-0.2, 0) is 17.3 Å². The van der Waals surface area contributed by atoms with Gasteiger partial charge < -0.3 is 5.73 Å². The first-order chi connectivity index (χ1) is 5.66. The lowest BCUT2D eigenvalue weighted by Gasteiger charge is -1.90. The zero-order valence-electron chi connectivity index (χ0n) is 7.49. The first-order valence-corrected chi connectivity index (χ1v) is 5.62. The highest BCUT2D eigenvalue weighted by atomic mass is 32.2. The maximum atomic E-state index is 9.56. The SMILES string of the molecule is CS(C)=O.NCc1ccccc1. The zero-order chi connectivity index (χ0) is 9.40. The van der Waals surface area contributed by atoms with E-state index in [1.807, 2.05) is 30.3 Å². The third-order valence-electron chi connectivity index (χ3n) is 1.08. The fraction of sp³-hybridized carbons (Fsp3) is 0.333. The zero-order valence-corrected chi connectivity index (χ0v) is 8.30. The molecule has 0 aliphatic heterocycles. The van der Waals surface area contributed by atoms with E-state index in [4.69, 9.17) is 5.73 Å². The van der Waals surface area contributed by atoms with E-state index >= 15 is 0 Å². The van der Waals surface area contributed by atoms with Crippen molar-refractivity contribution in [2.45, 2.75) is 6.54 Å². The molecule has 0 radical (unpaired) electrons. The summed E-state index contributed by atoms with van der Waals surface area (Å²) in [7, 11) is -0.611. The highest BCUT2D eigenvalue weighted by molar-refractivity contribution is 7.83. The van der Waals surface area contributed by atoms with Gasteiger partial charge in [0.1, 0.15) is 0 Å². The van der Waals surface area contributed by atoms with Crippen LogP contribution in [0.1, 0.15) is 5.56 Å². The quantitative estimate of drug-likeness (QED) is 0.713. The van der Waals surface area contributed by atoms with Crippen molar-refractivity contribution in [3.8, 4) is 0 Å². The van der Waals surface area contributed by atoms with Crippen molar-refractivity contribution in [2.24, 2.45) is 5.73 Å². The first-order valence-electron chi connectivity index (χ1n) is 3.66. The molecule has 1 aromatic rings. The number of hydrogen-bond acceptors (Lipinski definition) is 2. The lowest BCUT2D eigenvalue weighted by molar-refractivity contribution is 0.690. The fourth-order valence-corrected chi connectivity index (χ4v) is 0.614. The maximum absolute atomic E-state index is 9.56. The standard InChI is InChI=1S/C7H9N.C2H6OS/c8-6-7-4-2-1-3-5-7;1-4(2)3/h1-5H,6,8H2;1-2H3. The Labute approximate surface area is 76.2 Å². The van der Waals surface area contributed by atoms with Crippen LogP contribution in [0.2, 0.25) is 0 Å². The Balaban J connectivity index is 0.000000261. The van der Waals surface area contributed by atoms with Crippen LogP contribution in [0.4, 0.5) is 0 Å². The summed E-state index contributed by atoms with van der Waals surface area (Å²) in [5, 5.41) is 0. The summed E-state index contributed by atoms with van der Waals surface area (Å²) < 4.78 is 9.56. The normalized spacial score (nSPS) is 9.00. The van der Waals surface area contributed by atoms with Crippen LogP contribution in [0.5, 0.6) is 0 Å². The first kappa shape index (κ1) is 11.3. The molecule has 0 saturated carbocycles. The van der Waals surface area contributed by atoms with Gasteiger partial charge in [-0.05, 0) is 5.56 Å². The van der Waals surface area contributed by atoms with Gasteiger partial charge in [0.2, 0.25) is 0 Å². The van der Waals surface area contributed by atoms with Gasteiger partial charge in [0, 0.05) is 29.9 Å². The van der Waals surface area contributed by atoms with Crippen molar-refractivity contribution in [3.63, 3.8) is 0 Å². The number of hydrogen-bond donors (Lipinski definition) is 1. The summed E-state index contributed by atoms with van der Waals surface area (Å²) in [4.78, 5) is 0. The van der Waals surface area contributed by atoms with E-state index in [0.29, 0.717) is 6.54 Å². The molecule has 0 spiro atoms. The van der Waals surface area contributed by atoms with Gasteiger partial charge in [-0.2, -0.15) is 0 Å².